The molecule has 100 valence electrons. The summed E-state index contributed by atoms with van der Waals surface area (Å²) in [4.78, 5) is 2.15. The van der Waals surface area contributed by atoms with Crippen molar-refractivity contribution in [3.8, 4) is 0 Å². The van der Waals surface area contributed by atoms with Gasteiger partial charge in [0.1, 0.15) is 0 Å². The fraction of sp³-hybridized carbons (Fsp3) is 1.00. The molecule has 0 aliphatic carbocycles. The van der Waals surface area contributed by atoms with Gasteiger partial charge in [-0.3, -0.25) is 4.90 Å². The monoisotopic (exact) mass is 262 g/mol. The number of aliphatic hydroxyl groups is 1. The Labute approximate surface area is 103 Å². The SMILES string of the molecule is CC1CCC(CN)CN1C1CS(=O)(=O)CC1O. The molecule has 2 heterocycles. The van der Waals surface area contributed by atoms with Gasteiger partial charge in [0.15, 0.2) is 9.84 Å². The molecule has 0 bridgehead atoms. The van der Waals surface area contributed by atoms with Crippen LogP contribution in [0.5, 0.6) is 0 Å². The van der Waals surface area contributed by atoms with Crippen LogP contribution >= 0.6 is 0 Å². The quantitative estimate of drug-likeness (QED) is 0.681. The van der Waals surface area contributed by atoms with Crippen molar-refractivity contribution in [3.63, 3.8) is 0 Å². The highest BCUT2D eigenvalue weighted by Gasteiger charge is 2.42. The van der Waals surface area contributed by atoms with Crippen molar-refractivity contribution in [1.29, 1.82) is 0 Å². The summed E-state index contributed by atoms with van der Waals surface area (Å²) in [5, 5.41) is 9.90. The second-order valence-corrected chi connectivity index (χ2v) is 7.59. The lowest BCUT2D eigenvalue weighted by Gasteiger charge is -2.42. The summed E-state index contributed by atoms with van der Waals surface area (Å²) in [6, 6.07) is 0.107. The zero-order valence-electron chi connectivity index (χ0n) is 10.2. The molecule has 4 atom stereocenters. The van der Waals surface area contributed by atoms with Crippen LogP contribution in [0.25, 0.3) is 0 Å². The fourth-order valence-corrected chi connectivity index (χ4v) is 4.81. The lowest BCUT2D eigenvalue weighted by Crippen LogP contribution is -2.53. The zero-order chi connectivity index (χ0) is 12.6. The average Bonchev–Trinajstić information content (AvgIpc) is 2.53. The van der Waals surface area contributed by atoms with Gasteiger partial charge in [-0.25, -0.2) is 8.42 Å². The Hall–Kier alpha value is -0.170. The minimum atomic E-state index is -3.06. The maximum absolute atomic E-state index is 11.5. The van der Waals surface area contributed by atoms with Crippen molar-refractivity contribution in [3.05, 3.63) is 0 Å². The van der Waals surface area contributed by atoms with Gasteiger partial charge in [-0.15, -0.1) is 0 Å². The first kappa shape index (κ1) is 13.3. The summed E-state index contributed by atoms with van der Waals surface area (Å²) in [6.45, 7) is 3.55. The van der Waals surface area contributed by atoms with Crippen LogP contribution in [0.3, 0.4) is 0 Å². The molecule has 2 aliphatic rings. The predicted octanol–water partition coefficient (Wildman–Crippen LogP) is -0.796. The molecule has 0 spiro atoms. The Bertz CT molecular complexity index is 371. The van der Waals surface area contributed by atoms with Crippen molar-refractivity contribution >= 4 is 9.84 Å². The molecule has 4 unspecified atom stereocenters. The molecule has 0 saturated carbocycles. The average molecular weight is 262 g/mol. The molecule has 2 fully saturated rings. The molecule has 0 radical (unpaired) electrons. The van der Waals surface area contributed by atoms with Crippen molar-refractivity contribution in [2.45, 2.75) is 38.0 Å². The normalized spacial score (nSPS) is 42.8. The third-order valence-electron chi connectivity index (χ3n) is 4.08. The lowest BCUT2D eigenvalue weighted by atomic mass is 9.91. The molecule has 3 N–H and O–H groups in total. The Morgan fingerprint density at radius 1 is 1.35 bits per heavy atom. The van der Waals surface area contributed by atoms with E-state index in [2.05, 4.69) is 11.8 Å². The number of rotatable bonds is 2. The van der Waals surface area contributed by atoms with Gasteiger partial charge < -0.3 is 10.8 Å². The van der Waals surface area contributed by atoms with Crippen LogP contribution in [0.1, 0.15) is 19.8 Å². The fourth-order valence-electron chi connectivity index (χ4n) is 2.99. The van der Waals surface area contributed by atoms with E-state index in [0.29, 0.717) is 18.5 Å². The topological polar surface area (TPSA) is 83.6 Å². The highest BCUT2D eigenvalue weighted by atomic mass is 32.2. The van der Waals surface area contributed by atoms with Gasteiger partial charge in [0.2, 0.25) is 0 Å². The largest absolute Gasteiger partial charge is 0.390 e. The molecular weight excluding hydrogens is 240 g/mol. The number of piperidine rings is 1. The van der Waals surface area contributed by atoms with Crippen molar-refractivity contribution < 1.29 is 13.5 Å². The Kier molecular flexibility index (Phi) is 3.77. The molecular formula is C11H22N2O3S. The molecule has 0 aromatic rings. The number of aliphatic hydroxyl groups excluding tert-OH is 1. The van der Waals surface area contributed by atoms with Crippen molar-refractivity contribution in [2.75, 3.05) is 24.6 Å². The molecule has 0 aromatic carbocycles. The number of nitrogens with zero attached hydrogens (tertiary/aromatic N) is 1. The number of hydrogen-bond donors (Lipinski definition) is 2. The van der Waals surface area contributed by atoms with E-state index < -0.39 is 15.9 Å². The first-order chi connectivity index (χ1) is 7.93. The third-order valence-corrected chi connectivity index (χ3v) is 5.78. The first-order valence-electron chi connectivity index (χ1n) is 6.27. The highest BCUT2D eigenvalue weighted by Crippen LogP contribution is 2.28. The molecule has 5 nitrogen and oxygen atoms in total. The van der Waals surface area contributed by atoms with Gasteiger partial charge in [-0.1, -0.05) is 0 Å². The Morgan fingerprint density at radius 2 is 2.06 bits per heavy atom. The van der Waals surface area contributed by atoms with Crippen LogP contribution < -0.4 is 5.73 Å². The maximum Gasteiger partial charge on any atom is 0.154 e. The molecule has 2 saturated heterocycles. The zero-order valence-corrected chi connectivity index (χ0v) is 11.1. The van der Waals surface area contributed by atoms with Gasteiger partial charge in [-0.2, -0.15) is 0 Å². The van der Waals surface area contributed by atoms with Gasteiger partial charge in [0.05, 0.1) is 23.7 Å². The van der Waals surface area contributed by atoms with E-state index in [4.69, 9.17) is 5.73 Å². The summed E-state index contributed by atoms with van der Waals surface area (Å²) in [5.41, 5.74) is 5.69. The highest BCUT2D eigenvalue weighted by molar-refractivity contribution is 7.91. The number of sulfone groups is 1. The summed E-state index contributed by atoms with van der Waals surface area (Å²) < 4.78 is 23.1. The number of nitrogens with two attached hydrogens (primary N) is 1. The molecule has 17 heavy (non-hydrogen) atoms. The molecule has 0 aromatic heterocycles. The summed E-state index contributed by atoms with van der Waals surface area (Å²) >= 11 is 0. The minimum Gasteiger partial charge on any atom is -0.390 e. The molecule has 6 heteroatoms. The van der Waals surface area contributed by atoms with Gasteiger partial charge in [0, 0.05) is 12.6 Å². The maximum atomic E-state index is 11.5. The van der Waals surface area contributed by atoms with Crippen LogP contribution in [0.15, 0.2) is 0 Å². The van der Waals surface area contributed by atoms with E-state index >= 15 is 0 Å². The number of hydrogen-bond acceptors (Lipinski definition) is 5. The standard InChI is InChI=1S/C11H22N2O3S/c1-8-2-3-9(4-12)5-13(8)10-6-17(15,16)7-11(10)14/h8-11,14H,2-7,12H2,1H3. The Morgan fingerprint density at radius 3 is 2.59 bits per heavy atom. The van der Waals surface area contributed by atoms with Crippen molar-refractivity contribution in [2.24, 2.45) is 11.7 Å². The first-order valence-corrected chi connectivity index (χ1v) is 8.09. The van der Waals surface area contributed by atoms with Crippen LogP contribution in [-0.4, -0.2) is 61.2 Å². The van der Waals surface area contributed by atoms with Gasteiger partial charge >= 0.3 is 0 Å². The molecule has 2 aliphatic heterocycles. The van der Waals surface area contributed by atoms with E-state index in [1.54, 1.807) is 0 Å². The van der Waals surface area contributed by atoms with Crippen LogP contribution in [0, 0.1) is 5.92 Å². The number of likely N-dealkylation sites (tertiary alicyclic amines) is 1. The van der Waals surface area contributed by atoms with Crippen LogP contribution in [-0.2, 0) is 9.84 Å². The second kappa shape index (κ2) is 4.84. The summed E-state index contributed by atoms with van der Waals surface area (Å²) in [5.74, 6) is 0.436. The third kappa shape index (κ3) is 2.81. The van der Waals surface area contributed by atoms with Crippen molar-refractivity contribution in [1.82, 2.24) is 4.90 Å². The van der Waals surface area contributed by atoms with E-state index in [9.17, 15) is 13.5 Å². The molecule has 2 rings (SSSR count). The van der Waals surface area contributed by atoms with Gasteiger partial charge in [-0.05, 0) is 32.2 Å². The van der Waals surface area contributed by atoms with E-state index in [1.165, 1.54) is 0 Å². The summed E-state index contributed by atoms with van der Waals surface area (Å²) in [7, 11) is -3.06. The minimum absolute atomic E-state index is 0.0891. The van der Waals surface area contributed by atoms with E-state index in [0.717, 1.165) is 19.4 Å². The Balaban J connectivity index is 2.10. The summed E-state index contributed by atoms with van der Waals surface area (Å²) in [6.07, 6.45) is 1.40. The predicted molar refractivity (Wildman–Crippen MR) is 66.4 cm³/mol. The van der Waals surface area contributed by atoms with E-state index in [-0.39, 0.29) is 17.5 Å². The second-order valence-electron chi connectivity index (χ2n) is 5.44. The smallest absolute Gasteiger partial charge is 0.154 e. The molecule has 0 amide bonds. The lowest BCUT2D eigenvalue weighted by molar-refractivity contribution is 0.0235. The van der Waals surface area contributed by atoms with Gasteiger partial charge in [0.25, 0.3) is 0 Å². The van der Waals surface area contributed by atoms with Crippen LogP contribution in [0.2, 0.25) is 0 Å². The van der Waals surface area contributed by atoms with E-state index in [1.807, 2.05) is 0 Å². The van der Waals surface area contributed by atoms with Crippen LogP contribution in [0.4, 0.5) is 0 Å².